The predicted octanol–water partition coefficient (Wildman–Crippen LogP) is 3.00. The highest BCUT2D eigenvalue weighted by atomic mass is 32.1. The van der Waals surface area contributed by atoms with Crippen LogP contribution in [0.15, 0.2) is 6.20 Å². The quantitative estimate of drug-likeness (QED) is 0.819. The van der Waals surface area contributed by atoms with Crippen LogP contribution in [0.3, 0.4) is 0 Å². The molecule has 0 atom stereocenters. The number of carboxylic acid groups (broad SMARTS) is 1. The third-order valence-corrected chi connectivity index (χ3v) is 5.02. The average Bonchev–Trinajstić information content (AvgIpc) is 2.78. The summed E-state index contributed by atoms with van der Waals surface area (Å²) in [5.74, 6) is -1.23. The van der Waals surface area contributed by atoms with E-state index >= 15 is 0 Å². The lowest BCUT2D eigenvalue weighted by Gasteiger charge is -2.28. The summed E-state index contributed by atoms with van der Waals surface area (Å²) in [7, 11) is 0. The van der Waals surface area contributed by atoms with E-state index in [4.69, 9.17) is 0 Å². The van der Waals surface area contributed by atoms with Gasteiger partial charge in [-0.05, 0) is 25.7 Å². The topological polar surface area (TPSA) is 79.3 Å². The minimum absolute atomic E-state index is 0.306. The highest BCUT2D eigenvalue weighted by molar-refractivity contribution is 7.13. The van der Waals surface area contributed by atoms with Gasteiger partial charge in [0.1, 0.15) is 10.4 Å². The summed E-state index contributed by atoms with van der Waals surface area (Å²) in [6, 6.07) is 0. The molecule has 0 radical (unpaired) electrons. The number of carbonyl (C=O) groups is 2. The Bertz CT molecular complexity index is 505. The van der Waals surface area contributed by atoms with Crippen LogP contribution in [0, 0.1) is 0 Å². The van der Waals surface area contributed by atoms with Crippen LogP contribution in [-0.4, -0.2) is 27.5 Å². The van der Waals surface area contributed by atoms with Crippen LogP contribution in [0.1, 0.15) is 66.5 Å². The van der Waals surface area contributed by atoms with Crippen molar-refractivity contribution in [2.45, 2.75) is 63.8 Å². The van der Waals surface area contributed by atoms with Gasteiger partial charge in [-0.15, -0.1) is 11.3 Å². The Balaban J connectivity index is 2.11. The van der Waals surface area contributed by atoms with Gasteiger partial charge in [0.05, 0.1) is 11.2 Å². The number of nitrogens with one attached hydrogen (secondary N) is 1. The second kappa shape index (κ2) is 7.02. The molecule has 21 heavy (non-hydrogen) atoms. The van der Waals surface area contributed by atoms with Gasteiger partial charge in [0, 0.05) is 0 Å². The number of carboxylic acids is 1. The van der Waals surface area contributed by atoms with Crippen LogP contribution in [0.2, 0.25) is 0 Å². The largest absolute Gasteiger partial charge is 0.480 e. The van der Waals surface area contributed by atoms with Gasteiger partial charge in [-0.3, -0.25) is 4.79 Å². The maximum atomic E-state index is 12.3. The van der Waals surface area contributed by atoms with Crippen molar-refractivity contribution in [3.05, 3.63) is 16.1 Å². The fourth-order valence-corrected chi connectivity index (χ4v) is 3.66. The summed E-state index contributed by atoms with van der Waals surface area (Å²) < 4.78 is 0. The number of aliphatic carboxylic acids is 1. The van der Waals surface area contributed by atoms with Crippen molar-refractivity contribution in [3.63, 3.8) is 0 Å². The zero-order valence-corrected chi connectivity index (χ0v) is 13.2. The summed E-state index contributed by atoms with van der Waals surface area (Å²) >= 11 is 1.35. The number of amides is 1. The molecule has 0 aromatic carbocycles. The Hall–Kier alpha value is -1.43. The highest BCUT2D eigenvalue weighted by Crippen LogP contribution is 2.28. The molecule has 1 aromatic rings. The smallest absolute Gasteiger partial charge is 0.329 e. The van der Waals surface area contributed by atoms with Gasteiger partial charge in [-0.2, -0.15) is 0 Å². The van der Waals surface area contributed by atoms with Crippen molar-refractivity contribution < 1.29 is 14.7 Å². The summed E-state index contributed by atoms with van der Waals surface area (Å²) in [6.45, 7) is 2.06. The Morgan fingerprint density at radius 2 is 2.00 bits per heavy atom. The molecular weight excluding hydrogens is 288 g/mol. The number of carbonyl (C=O) groups excluding carboxylic acids is 1. The molecule has 1 aliphatic rings. The number of hydrogen-bond acceptors (Lipinski definition) is 4. The van der Waals surface area contributed by atoms with Crippen molar-refractivity contribution in [1.82, 2.24) is 10.3 Å². The minimum Gasteiger partial charge on any atom is -0.480 e. The first kappa shape index (κ1) is 15.9. The van der Waals surface area contributed by atoms with Gasteiger partial charge in [-0.1, -0.05) is 32.6 Å². The summed E-state index contributed by atoms with van der Waals surface area (Å²) in [5, 5.41) is 13.3. The van der Waals surface area contributed by atoms with Crippen LogP contribution in [0.4, 0.5) is 0 Å². The fraction of sp³-hybridized carbons (Fsp3) is 0.667. The van der Waals surface area contributed by atoms with Gasteiger partial charge < -0.3 is 10.4 Å². The molecule has 6 heteroatoms. The SMILES string of the molecule is CCCc1ncc(C(=O)NC2(C(=O)O)CCCCCC2)s1. The second-order valence-electron chi connectivity index (χ2n) is 5.62. The number of rotatable bonds is 5. The molecule has 1 aliphatic carbocycles. The zero-order valence-electron chi connectivity index (χ0n) is 12.4. The van der Waals surface area contributed by atoms with E-state index in [1.807, 2.05) is 0 Å². The van der Waals surface area contributed by atoms with Crippen molar-refractivity contribution in [1.29, 1.82) is 0 Å². The summed E-state index contributed by atoms with van der Waals surface area (Å²) in [6.07, 6.45) is 8.15. The fourth-order valence-electron chi connectivity index (χ4n) is 2.75. The Labute approximate surface area is 128 Å². The van der Waals surface area contributed by atoms with Crippen LogP contribution < -0.4 is 5.32 Å². The lowest BCUT2D eigenvalue weighted by molar-refractivity contribution is -0.145. The molecule has 0 saturated heterocycles. The van der Waals surface area contributed by atoms with E-state index in [2.05, 4.69) is 17.2 Å². The normalized spacial score (nSPS) is 18.0. The van der Waals surface area contributed by atoms with Crippen LogP contribution >= 0.6 is 11.3 Å². The highest BCUT2D eigenvalue weighted by Gasteiger charge is 2.40. The van der Waals surface area contributed by atoms with Gasteiger partial charge in [0.15, 0.2) is 0 Å². The second-order valence-corrected chi connectivity index (χ2v) is 6.74. The van der Waals surface area contributed by atoms with Crippen LogP contribution in [-0.2, 0) is 11.2 Å². The van der Waals surface area contributed by atoms with E-state index in [1.54, 1.807) is 6.20 Å². The monoisotopic (exact) mass is 310 g/mol. The van der Waals surface area contributed by atoms with Crippen molar-refractivity contribution in [3.8, 4) is 0 Å². The van der Waals surface area contributed by atoms with E-state index in [1.165, 1.54) is 11.3 Å². The van der Waals surface area contributed by atoms with Crippen molar-refractivity contribution in [2.24, 2.45) is 0 Å². The molecule has 1 saturated carbocycles. The van der Waals surface area contributed by atoms with Crippen molar-refractivity contribution >= 4 is 23.2 Å². The molecule has 1 fully saturated rings. The lowest BCUT2D eigenvalue weighted by atomic mass is 9.90. The van der Waals surface area contributed by atoms with Crippen molar-refractivity contribution in [2.75, 3.05) is 0 Å². The predicted molar refractivity (Wildman–Crippen MR) is 81.6 cm³/mol. The Morgan fingerprint density at radius 3 is 2.57 bits per heavy atom. The van der Waals surface area contributed by atoms with Gasteiger partial charge in [0.25, 0.3) is 5.91 Å². The van der Waals surface area contributed by atoms with E-state index in [0.29, 0.717) is 17.7 Å². The van der Waals surface area contributed by atoms with E-state index in [-0.39, 0.29) is 5.91 Å². The van der Waals surface area contributed by atoms with E-state index < -0.39 is 11.5 Å². The first-order chi connectivity index (χ1) is 10.1. The molecule has 1 amide bonds. The molecule has 0 unspecified atom stereocenters. The standard InChI is InChI=1S/C15H22N2O3S/c1-2-7-12-16-10-11(21-12)13(18)17-15(14(19)20)8-5-3-4-6-9-15/h10H,2-9H2,1H3,(H,17,18)(H,19,20). The number of hydrogen-bond donors (Lipinski definition) is 2. The molecule has 1 heterocycles. The molecule has 5 nitrogen and oxygen atoms in total. The summed E-state index contributed by atoms with van der Waals surface area (Å²) in [5.41, 5.74) is -1.11. The molecule has 0 aliphatic heterocycles. The van der Waals surface area contributed by atoms with Crippen LogP contribution in [0.25, 0.3) is 0 Å². The average molecular weight is 310 g/mol. The molecule has 2 N–H and O–H groups in total. The van der Waals surface area contributed by atoms with Gasteiger partial charge in [-0.25, -0.2) is 9.78 Å². The van der Waals surface area contributed by atoms with Gasteiger partial charge >= 0.3 is 5.97 Å². The number of aryl methyl sites for hydroxylation is 1. The lowest BCUT2D eigenvalue weighted by Crippen LogP contribution is -2.54. The van der Waals surface area contributed by atoms with E-state index in [9.17, 15) is 14.7 Å². The molecule has 116 valence electrons. The zero-order chi connectivity index (χ0) is 15.3. The van der Waals surface area contributed by atoms with Gasteiger partial charge in [0.2, 0.25) is 0 Å². The molecule has 2 rings (SSSR count). The first-order valence-corrected chi connectivity index (χ1v) is 8.39. The number of aromatic nitrogens is 1. The third-order valence-electron chi connectivity index (χ3n) is 3.96. The molecular formula is C15H22N2O3S. The summed E-state index contributed by atoms with van der Waals surface area (Å²) in [4.78, 5) is 28.7. The first-order valence-electron chi connectivity index (χ1n) is 7.58. The Kier molecular flexibility index (Phi) is 5.33. The molecule has 0 spiro atoms. The maximum Gasteiger partial charge on any atom is 0.329 e. The number of nitrogens with zero attached hydrogens (tertiary/aromatic N) is 1. The third kappa shape index (κ3) is 3.81. The minimum atomic E-state index is -1.11. The Morgan fingerprint density at radius 1 is 1.33 bits per heavy atom. The van der Waals surface area contributed by atoms with Crippen LogP contribution in [0.5, 0.6) is 0 Å². The number of thiazole rings is 1. The molecule has 0 bridgehead atoms. The van der Waals surface area contributed by atoms with E-state index in [0.717, 1.165) is 43.5 Å². The maximum absolute atomic E-state index is 12.3. The molecule has 1 aromatic heterocycles.